The molecule has 27 heavy (non-hydrogen) atoms. The van der Waals surface area contributed by atoms with Crippen molar-refractivity contribution in [1.82, 2.24) is 4.57 Å². The van der Waals surface area contributed by atoms with E-state index < -0.39 is 29.1 Å². The van der Waals surface area contributed by atoms with Crippen LogP contribution in [0.15, 0.2) is 17.1 Å². The van der Waals surface area contributed by atoms with E-state index in [0.29, 0.717) is 5.75 Å². The zero-order chi connectivity index (χ0) is 20.8. The van der Waals surface area contributed by atoms with Crippen molar-refractivity contribution in [3.05, 3.63) is 28.2 Å². The van der Waals surface area contributed by atoms with Crippen molar-refractivity contribution in [3.8, 4) is 0 Å². The summed E-state index contributed by atoms with van der Waals surface area (Å²) in [4.78, 5) is 12.4. The van der Waals surface area contributed by atoms with E-state index in [1.807, 2.05) is 54.7 Å². The molecule has 0 aromatic carbocycles. The van der Waals surface area contributed by atoms with Crippen molar-refractivity contribution in [2.75, 3.05) is 5.75 Å². The summed E-state index contributed by atoms with van der Waals surface area (Å²) in [7, 11) is 0.173. The first-order chi connectivity index (χ1) is 12.2. The molecule has 0 N–H and O–H groups in total. The van der Waals surface area contributed by atoms with Gasteiger partial charge in [-0.25, -0.2) is 0 Å². The molecule has 1 aliphatic heterocycles. The van der Waals surface area contributed by atoms with Crippen LogP contribution < -0.4 is 11.0 Å². The predicted molar refractivity (Wildman–Crippen MR) is 113 cm³/mol. The van der Waals surface area contributed by atoms with Gasteiger partial charge in [-0.15, -0.1) is 0 Å². The fourth-order valence-corrected chi connectivity index (χ4v) is 4.33. The van der Waals surface area contributed by atoms with E-state index in [-0.39, 0.29) is 16.2 Å². The molecule has 0 aliphatic carbocycles. The summed E-state index contributed by atoms with van der Waals surface area (Å²) in [6.07, 6.45) is 2.60. The highest BCUT2D eigenvalue weighted by Gasteiger charge is 2.52. The molecule has 2 heterocycles. The second kappa shape index (κ2) is 7.49. The van der Waals surface area contributed by atoms with Crippen LogP contribution in [0.5, 0.6) is 0 Å². The first kappa shape index (κ1) is 22.4. The van der Waals surface area contributed by atoms with Crippen molar-refractivity contribution in [2.45, 2.75) is 83.7 Å². The normalized spacial score (nSPS) is 21.3. The van der Waals surface area contributed by atoms with Crippen molar-refractivity contribution >= 4 is 23.4 Å². The molecule has 1 saturated heterocycles. The monoisotopic (exact) mass is 395 g/mol. The Morgan fingerprint density at radius 3 is 2.15 bits per heavy atom. The summed E-state index contributed by atoms with van der Waals surface area (Å²) < 4.78 is 26.5. The van der Waals surface area contributed by atoms with E-state index in [4.69, 9.17) is 9.31 Å². The summed E-state index contributed by atoms with van der Waals surface area (Å²) in [6, 6.07) is 1.66. The Labute approximate surface area is 166 Å². The van der Waals surface area contributed by atoms with Gasteiger partial charge in [0.2, 0.25) is 5.56 Å². The van der Waals surface area contributed by atoms with Gasteiger partial charge in [0.15, 0.2) is 0 Å². The third-order valence-corrected chi connectivity index (χ3v) is 7.84. The van der Waals surface area contributed by atoms with Crippen LogP contribution in [0.2, 0.25) is 0 Å². The molecule has 0 radical (unpaired) electrons. The van der Waals surface area contributed by atoms with E-state index in [1.165, 1.54) is 0 Å². The van der Waals surface area contributed by atoms with Crippen molar-refractivity contribution in [1.29, 1.82) is 0 Å². The maximum atomic E-state index is 12.8. The van der Waals surface area contributed by atoms with Gasteiger partial charge >= 0.3 is 7.12 Å². The van der Waals surface area contributed by atoms with Crippen LogP contribution in [0.4, 0.5) is 0 Å². The van der Waals surface area contributed by atoms with Crippen LogP contribution >= 0.6 is 0 Å². The summed E-state index contributed by atoms with van der Waals surface area (Å²) >= 11 is 0. The summed E-state index contributed by atoms with van der Waals surface area (Å²) in [5.41, 5.74) is 0.745. The third kappa shape index (κ3) is 4.57. The lowest BCUT2D eigenvalue weighted by Gasteiger charge is -2.32. The molecule has 0 unspecified atom stereocenters. The zero-order valence-corrected chi connectivity index (χ0v) is 19.0. The van der Waals surface area contributed by atoms with Crippen LogP contribution in [0, 0.1) is 0 Å². The highest BCUT2D eigenvalue weighted by Crippen LogP contribution is 2.37. The number of nitrogens with zero attached hydrogens (tertiary/aromatic N) is 1. The maximum Gasteiger partial charge on any atom is 0.496 e. The molecule has 2 atom stereocenters. The molecule has 1 aliphatic rings. The van der Waals surface area contributed by atoms with Crippen LogP contribution in [-0.4, -0.2) is 37.6 Å². The largest absolute Gasteiger partial charge is 0.496 e. The van der Waals surface area contributed by atoms with E-state index in [2.05, 4.69) is 6.92 Å². The SMILES string of the molecule is CC[C@H](C[S@@](=O)C(C)(C)C)c1cc(=O)n(C)cc1B1OC(C)(C)C(C)(C)O1. The molecule has 1 aromatic rings. The molecule has 152 valence electrons. The van der Waals surface area contributed by atoms with Crippen LogP contribution in [0.1, 0.15) is 73.3 Å². The predicted octanol–water partition coefficient (Wildman–Crippen LogP) is 2.73. The molecular weight excluding hydrogens is 361 g/mol. The molecule has 1 aromatic heterocycles. The van der Waals surface area contributed by atoms with Crippen LogP contribution in [0.3, 0.4) is 0 Å². The van der Waals surface area contributed by atoms with Crippen molar-refractivity contribution in [3.63, 3.8) is 0 Å². The van der Waals surface area contributed by atoms with E-state index in [9.17, 15) is 9.00 Å². The number of rotatable bonds is 5. The van der Waals surface area contributed by atoms with Gasteiger partial charge in [-0.1, -0.05) is 6.92 Å². The number of hydrogen-bond donors (Lipinski definition) is 0. The van der Waals surface area contributed by atoms with Gasteiger partial charge in [0.05, 0.1) is 11.2 Å². The van der Waals surface area contributed by atoms with Gasteiger partial charge in [-0.3, -0.25) is 9.00 Å². The second-order valence-electron chi connectivity index (χ2n) is 9.45. The molecule has 0 amide bonds. The van der Waals surface area contributed by atoms with Crippen LogP contribution in [0.25, 0.3) is 0 Å². The number of aromatic nitrogens is 1. The first-order valence-electron chi connectivity index (χ1n) is 9.64. The molecule has 2 rings (SSSR count). The van der Waals surface area contributed by atoms with E-state index in [0.717, 1.165) is 17.4 Å². The lowest BCUT2D eigenvalue weighted by atomic mass is 9.74. The Balaban J connectivity index is 2.49. The molecule has 7 heteroatoms. The Bertz CT molecular complexity index is 763. The summed E-state index contributed by atoms with van der Waals surface area (Å²) in [5.74, 6) is 0.521. The van der Waals surface area contributed by atoms with Gasteiger partial charge in [-0.05, 0) is 66.4 Å². The smallest absolute Gasteiger partial charge is 0.399 e. The van der Waals surface area contributed by atoms with Gasteiger partial charge in [0.25, 0.3) is 0 Å². The lowest BCUT2D eigenvalue weighted by Crippen LogP contribution is -2.41. The Hall–Kier alpha value is -0.915. The van der Waals surface area contributed by atoms with Crippen molar-refractivity contribution in [2.24, 2.45) is 7.05 Å². The molecule has 5 nitrogen and oxygen atoms in total. The summed E-state index contributed by atoms with van der Waals surface area (Å²) in [6.45, 7) is 16.1. The molecule has 0 bridgehead atoms. The molecular formula is C20H34BNO4S. The van der Waals surface area contributed by atoms with Gasteiger partial charge in [0, 0.05) is 46.1 Å². The average molecular weight is 395 g/mol. The highest BCUT2D eigenvalue weighted by molar-refractivity contribution is 7.86. The Morgan fingerprint density at radius 2 is 1.70 bits per heavy atom. The number of aryl methyl sites for hydroxylation is 1. The maximum absolute atomic E-state index is 12.8. The summed E-state index contributed by atoms with van der Waals surface area (Å²) in [5, 5.41) is 0. The minimum absolute atomic E-state index is 0.00739. The van der Waals surface area contributed by atoms with Gasteiger partial charge in [-0.2, -0.15) is 0 Å². The number of hydrogen-bond acceptors (Lipinski definition) is 4. The minimum atomic E-state index is -1.01. The lowest BCUT2D eigenvalue weighted by molar-refractivity contribution is 0.00578. The van der Waals surface area contributed by atoms with Gasteiger partial charge < -0.3 is 13.9 Å². The average Bonchev–Trinajstić information content (AvgIpc) is 2.74. The van der Waals surface area contributed by atoms with Crippen molar-refractivity contribution < 1.29 is 13.5 Å². The third-order valence-electron chi connectivity index (χ3n) is 5.77. The molecule has 1 fully saturated rings. The molecule has 0 spiro atoms. The number of pyridine rings is 1. The van der Waals surface area contributed by atoms with Gasteiger partial charge in [0.1, 0.15) is 0 Å². The Morgan fingerprint density at radius 1 is 1.19 bits per heavy atom. The topological polar surface area (TPSA) is 57.5 Å². The first-order valence-corrected chi connectivity index (χ1v) is 11.0. The fraction of sp³-hybridized carbons (Fsp3) is 0.750. The standard InChI is InChI=1S/C20H34BNO4S/c1-10-14(13-27(24)18(2,3)4)15-11-17(23)22(9)12-16(15)21-25-19(5,6)20(7,8)26-21/h11-12,14H,10,13H2,1-9H3/t14-,27-/m1/s1. The van der Waals surface area contributed by atoms with Crippen LogP contribution in [-0.2, 0) is 27.2 Å². The highest BCUT2D eigenvalue weighted by atomic mass is 32.2. The minimum Gasteiger partial charge on any atom is -0.399 e. The van der Waals surface area contributed by atoms with E-state index >= 15 is 0 Å². The quantitative estimate of drug-likeness (QED) is 0.720. The zero-order valence-electron chi connectivity index (χ0n) is 18.2. The molecule has 0 saturated carbocycles. The second-order valence-corrected chi connectivity index (χ2v) is 11.7. The Kier molecular flexibility index (Phi) is 6.20. The van der Waals surface area contributed by atoms with E-state index in [1.54, 1.807) is 17.7 Å². The fourth-order valence-electron chi connectivity index (χ4n) is 3.05.